The van der Waals surface area contributed by atoms with E-state index in [1.807, 2.05) is 0 Å². The molecular weight excluding hydrogens is 672 g/mol. The highest BCUT2D eigenvalue weighted by atomic mass is 79.9. The van der Waals surface area contributed by atoms with Gasteiger partial charge in [-0.2, -0.15) is 0 Å². The molecule has 0 bridgehead atoms. The van der Waals surface area contributed by atoms with Gasteiger partial charge in [-0.3, -0.25) is 0 Å². The summed E-state index contributed by atoms with van der Waals surface area (Å²) in [5, 5.41) is 1.34. The molecule has 21 heavy (non-hydrogen) atoms. The van der Waals surface area contributed by atoms with Gasteiger partial charge in [0.05, 0.1) is 11.1 Å². The molecule has 1 aliphatic heterocycles. The average Bonchev–Trinajstić information content (AvgIpc) is 2.73. The third kappa shape index (κ3) is 2.26. The highest BCUT2D eigenvalue weighted by Crippen LogP contribution is 2.51. The lowest BCUT2D eigenvalue weighted by Gasteiger charge is -2.14. The topological polar surface area (TPSA) is 43.4 Å². The summed E-state index contributed by atoms with van der Waals surface area (Å²) in [4.78, 5) is 24.0. The lowest BCUT2D eigenvalue weighted by Crippen LogP contribution is -1.99. The quantitative estimate of drug-likeness (QED) is 0.135. The number of ether oxygens (including phenoxy) is 1. The molecule has 0 fully saturated rings. The Bertz CT molecular complexity index is 874. The van der Waals surface area contributed by atoms with Crippen molar-refractivity contribution in [3.05, 3.63) is 38.0 Å². The molecule has 2 aromatic carbocycles. The van der Waals surface area contributed by atoms with Crippen LogP contribution in [0.15, 0.2) is 26.8 Å². The van der Waals surface area contributed by atoms with E-state index in [1.54, 1.807) is 0 Å². The number of hydrogen-bond donors (Lipinski definition) is 0. The Morgan fingerprint density at radius 3 is 1.52 bits per heavy atom. The molecule has 3 nitrogen and oxygen atoms in total. The van der Waals surface area contributed by atoms with Crippen molar-refractivity contribution in [3.63, 3.8) is 0 Å². The van der Waals surface area contributed by atoms with Crippen molar-refractivity contribution < 1.29 is 14.3 Å². The van der Waals surface area contributed by atoms with Gasteiger partial charge in [0.1, 0.15) is 0 Å². The van der Waals surface area contributed by atoms with E-state index in [2.05, 4.69) is 95.6 Å². The van der Waals surface area contributed by atoms with Crippen LogP contribution in [-0.4, -0.2) is 11.9 Å². The molecule has 0 saturated carbocycles. The first-order chi connectivity index (χ1) is 9.77. The fourth-order valence-electron chi connectivity index (χ4n) is 2.11. The van der Waals surface area contributed by atoms with Crippen LogP contribution in [0, 0.1) is 0 Å². The van der Waals surface area contributed by atoms with E-state index >= 15 is 0 Å². The number of benzene rings is 2. The number of halogens is 6. The fraction of sp³-hybridized carbons (Fsp3) is 0. The second-order valence-corrected chi connectivity index (χ2v) is 8.82. The van der Waals surface area contributed by atoms with Gasteiger partial charge in [0.2, 0.25) is 0 Å². The maximum absolute atomic E-state index is 12.1. The van der Waals surface area contributed by atoms with Crippen molar-refractivity contribution in [3.8, 4) is 0 Å². The van der Waals surface area contributed by atoms with Crippen LogP contribution in [0.5, 0.6) is 0 Å². The van der Waals surface area contributed by atoms with Crippen LogP contribution < -0.4 is 0 Å². The SMILES string of the molecule is O=C1OC(=O)c2c1c(Br)c(Br)c1c(Br)c(Br)c(Br)c(Br)c21. The molecule has 0 N–H and O–H groups in total. The van der Waals surface area contributed by atoms with Crippen molar-refractivity contribution in [2.24, 2.45) is 0 Å². The minimum atomic E-state index is -0.661. The molecule has 1 aliphatic rings. The van der Waals surface area contributed by atoms with Crippen LogP contribution in [0.3, 0.4) is 0 Å². The highest BCUT2D eigenvalue weighted by molar-refractivity contribution is 9.15. The Balaban J connectivity index is 2.71. The summed E-state index contributed by atoms with van der Waals surface area (Å²) in [5.41, 5.74) is 0.465. The second-order valence-electron chi connectivity index (χ2n) is 4.06. The molecule has 0 radical (unpaired) electrons. The van der Waals surface area contributed by atoms with E-state index in [1.165, 1.54) is 0 Å². The second kappa shape index (κ2) is 5.66. The Kier molecular flexibility index (Phi) is 4.47. The zero-order valence-electron chi connectivity index (χ0n) is 9.49. The predicted molar refractivity (Wildman–Crippen MR) is 99.9 cm³/mol. The molecule has 0 spiro atoms. The first-order valence-electron chi connectivity index (χ1n) is 5.20. The summed E-state index contributed by atoms with van der Waals surface area (Å²) < 4.78 is 8.81. The molecule has 0 atom stereocenters. The number of rotatable bonds is 0. The largest absolute Gasteiger partial charge is 0.386 e. The lowest BCUT2D eigenvalue weighted by atomic mass is 10.0. The summed E-state index contributed by atoms with van der Waals surface area (Å²) in [7, 11) is 0. The van der Waals surface area contributed by atoms with E-state index < -0.39 is 11.9 Å². The summed E-state index contributed by atoms with van der Waals surface area (Å²) in [6.45, 7) is 0. The minimum absolute atomic E-state index is 0.223. The maximum atomic E-state index is 12.1. The van der Waals surface area contributed by atoms with Gasteiger partial charge in [-0.1, -0.05) is 0 Å². The molecule has 1 heterocycles. The lowest BCUT2D eigenvalue weighted by molar-refractivity contribution is 0.0444. The van der Waals surface area contributed by atoms with E-state index in [0.717, 1.165) is 18.8 Å². The predicted octanol–water partition coefficient (Wildman–Crippen LogP) is 6.73. The number of carbonyl (C=O) groups excluding carboxylic acids is 2. The van der Waals surface area contributed by atoms with Crippen LogP contribution in [0.25, 0.3) is 10.8 Å². The molecule has 0 aliphatic carbocycles. The van der Waals surface area contributed by atoms with Crippen LogP contribution in [-0.2, 0) is 4.74 Å². The van der Waals surface area contributed by atoms with E-state index in [-0.39, 0.29) is 11.1 Å². The number of cyclic esters (lactones) is 2. The molecule has 0 amide bonds. The van der Waals surface area contributed by atoms with Gasteiger partial charge in [0, 0.05) is 37.6 Å². The maximum Gasteiger partial charge on any atom is 0.348 e. The smallest absolute Gasteiger partial charge is 0.348 e. The van der Waals surface area contributed by atoms with Gasteiger partial charge in [0.15, 0.2) is 0 Å². The van der Waals surface area contributed by atoms with Gasteiger partial charge in [-0.15, -0.1) is 0 Å². The number of esters is 2. The molecule has 3 rings (SSSR count). The van der Waals surface area contributed by atoms with Gasteiger partial charge < -0.3 is 4.74 Å². The zero-order chi connectivity index (χ0) is 15.6. The summed E-state index contributed by atoms with van der Waals surface area (Å²) in [5.74, 6) is -1.32. The van der Waals surface area contributed by atoms with Gasteiger partial charge >= 0.3 is 11.9 Å². The first-order valence-corrected chi connectivity index (χ1v) is 9.96. The number of fused-ring (bicyclic) bond motifs is 3. The summed E-state index contributed by atoms with van der Waals surface area (Å²) >= 11 is 20.7. The highest BCUT2D eigenvalue weighted by Gasteiger charge is 2.37. The molecule has 9 heteroatoms. The molecule has 2 aromatic rings. The van der Waals surface area contributed by atoms with Crippen LogP contribution >= 0.6 is 95.6 Å². The third-order valence-corrected chi connectivity index (χ3v) is 9.88. The zero-order valence-corrected chi connectivity index (χ0v) is 19.0. The standard InChI is InChI=1S/C12Br6O3/c13-5-1-2-4(12(20)21-11(2)19)8(16)6(14)3(1)7(15)10(18)9(5)17. The van der Waals surface area contributed by atoms with Crippen molar-refractivity contribution in [1.82, 2.24) is 0 Å². The molecule has 0 aromatic heterocycles. The average molecular weight is 672 g/mol. The molecular formula is C12Br6O3. The van der Waals surface area contributed by atoms with Crippen LogP contribution in [0.2, 0.25) is 0 Å². The minimum Gasteiger partial charge on any atom is -0.386 e. The van der Waals surface area contributed by atoms with Crippen LogP contribution in [0.1, 0.15) is 20.7 Å². The van der Waals surface area contributed by atoms with Gasteiger partial charge in [0.25, 0.3) is 0 Å². The number of hydrogen-bond acceptors (Lipinski definition) is 3. The first kappa shape index (κ1) is 16.6. The van der Waals surface area contributed by atoms with Crippen molar-refractivity contribution in [2.75, 3.05) is 0 Å². The Hall–Kier alpha value is 0.720. The van der Waals surface area contributed by atoms with E-state index in [0.29, 0.717) is 18.8 Å². The van der Waals surface area contributed by atoms with E-state index in [9.17, 15) is 9.59 Å². The van der Waals surface area contributed by atoms with E-state index in [4.69, 9.17) is 4.74 Å². The van der Waals surface area contributed by atoms with Crippen molar-refractivity contribution in [1.29, 1.82) is 0 Å². The third-order valence-electron chi connectivity index (χ3n) is 2.99. The van der Waals surface area contributed by atoms with Gasteiger partial charge in [-0.25, -0.2) is 9.59 Å². The molecule has 108 valence electrons. The van der Waals surface area contributed by atoms with Crippen LogP contribution in [0.4, 0.5) is 0 Å². The normalized spacial score (nSPS) is 13.8. The van der Waals surface area contributed by atoms with Crippen molar-refractivity contribution >= 4 is 118 Å². The fourth-order valence-corrected chi connectivity index (χ4v) is 6.04. The Labute approximate surface area is 168 Å². The summed E-state index contributed by atoms with van der Waals surface area (Å²) in [6, 6.07) is 0. The number of carbonyl (C=O) groups is 2. The monoisotopic (exact) mass is 665 g/mol. The Morgan fingerprint density at radius 1 is 0.524 bits per heavy atom. The Morgan fingerprint density at radius 2 is 0.952 bits per heavy atom. The summed E-state index contributed by atoms with van der Waals surface area (Å²) in [6.07, 6.45) is 0. The molecule has 0 saturated heterocycles. The van der Waals surface area contributed by atoms with Crippen molar-refractivity contribution in [2.45, 2.75) is 0 Å². The van der Waals surface area contributed by atoms with Gasteiger partial charge in [-0.05, 0) is 95.6 Å². The molecule has 0 unspecified atom stereocenters.